The SMILES string of the molecule is COc1ccc(Cl)cc1NC(=O)Nc1nc2c(F)cc(F)cc2s1. The Kier molecular flexibility index (Phi) is 4.50. The third-order valence-corrected chi connectivity index (χ3v) is 4.20. The second kappa shape index (κ2) is 6.58. The lowest BCUT2D eigenvalue weighted by Gasteiger charge is -2.10. The quantitative estimate of drug-likeness (QED) is 0.691. The Morgan fingerprint density at radius 1 is 1.25 bits per heavy atom. The minimum absolute atomic E-state index is 0.00274. The summed E-state index contributed by atoms with van der Waals surface area (Å²) in [5.74, 6) is -1.07. The fourth-order valence-corrected chi connectivity index (χ4v) is 3.11. The average molecular weight is 370 g/mol. The summed E-state index contributed by atoms with van der Waals surface area (Å²) in [6, 6.07) is 6.02. The number of aromatic nitrogens is 1. The molecule has 0 radical (unpaired) electrons. The summed E-state index contributed by atoms with van der Waals surface area (Å²) in [4.78, 5) is 16.0. The third kappa shape index (κ3) is 3.39. The van der Waals surface area contributed by atoms with E-state index in [1.807, 2.05) is 0 Å². The fourth-order valence-electron chi connectivity index (χ4n) is 2.04. The first-order chi connectivity index (χ1) is 11.5. The summed E-state index contributed by atoms with van der Waals surface area (Å²) in [5, 5.41) is 5.58. The number of carbonyl (C=O) groups excluding carboxylic acids is 1. The molecule has 24 heavy (non-hydrogen) atoms. The van der Waals surface area contributed by atoms with Gasteiger partial charge in [0.15, 0.2) is 10.9 Å². The van der Waals surface area contributed by atoms with Gasteiger partial charge in [-0.2, -0.15) is 0 Å². The molecule has 5 nitrogen and oxygen atoms in total. The summed E-state index contributed by atoms with van der Waals surface area (Å²) in [6.07, 6.45) is 0. The highest BCUT2D eigenvalue weighted by atomic mass is 35.5. The number of rotatable bonds is 3. The number of hydrogen-bond acceptors (Lipinski definition) is 4. The predicted octanol–water partition coefficient (Wildman–Crippen LogP) is 4.88. The Morgan fingerprint density at radius 2 is 2.04 bits per heavy atom. The molecular formula is C15H10ClF2N3O2S. The van der Waals surface area contributed by atoms with Crippen LogP contribution in [0.5, 0.6) is 5.75 Å². The van der Waals surface area contributed by atoms with E-state index in [1.54, 1.807) is 12.1 Å². The molecule has 1 aromatic heterocycles. The highest BCUT2D eigenvalue weighted by Gasteiger charge is 2.14. The molecule has 3 aromatic rings. The average Bonchev–Trinajstić information content (AvgIpc) is 2.90. The van der Waals surface area contributed by atoms with Gasteiger partial charge in [0.2, 0.25) is 0 Å². The number of thiazole rings is 1. The van der Waals surface area contributed by atoms with Crippen molar-refractivity contribution < 1.29 is 18.3 Å². The lowest BCUT2D eigenvalue weighted by molar-refractivity contribution is 0.262. The number of ether oxygens (including phenoxy) is 1. The first-order valence-electron chi connectivity index (χ1n) is 6.63. The smallest absolute Gasteiger partial charge is 0.325 e. The van der Waals surface area contributed by atoms with Gasteiger partial charge in [-0.15, -0.1) is 0 Å². The zero-order chi connectivity index (χ0) is 17.3. The number of nitrogens with one attached hydrogen (secondary N) is 2. The molecule has 0 aliphatic heterocycles. The van der Waals surface area contributed by atoms with E-state index >= 15 is 0 Å². The van der Waals surface area contributed by atoms with E-state index in [2.05, 4.69) is 15.6 Å². The third-order valence-electron chi connectivity index (χ3n) is 3.04. The van der Waals surface area contributed by atoms with Crippen molar-refractivity contribution >= 4 is 50.0 Å². The molecule has 3 rings (SSSR count). The van der Waals surface area contributed by atoms with Gasteiger partial charge in [-0.1, -0.05) is 22.9 Å². The molecule has 0 spiro atoms. The molecule has 0 atom stereocenters. The van der Waals surface area contributed by atoms with Crippen molar-refractivity contribution in [2.24, 2.45) is 0 Å². The van der Waals surface area contributed by atoms with Gasteiger partial charge in [0.1, 0.15) is 17.1 Å². The molecule has 0 saturated carbocycles. The summed E-state index contributed by atoms with van der Waals surface area (Å²) in [7, 11) is 1.46. The number of fused-ring (bicyclic) bond motifs is 1. The van der Waals surface area contributed by atoms with Crippen molar-refractivity contribution in [3.05, 3.63) is 47.0 Å². The van der Waals surface area contributed by atoms with E-state index in [4.69, 9.17) is 16.3 Å². The second-order valence-corrected chi connectivity index (χ2v) is 6.14. The Morgan fingerprint density at radius 3 is 2.79 bits per heavy atom. The summed E-state index contributed by atoms with van der Waals surface area (Å²) >= 11 is 6.85. The Hall–Kier alpha value is -2.45. The van der Waals surface area contributed by atoms with Crippen LogP contribution in [0.15, 0.2) is 30.3 Å². The van der Waals surface area contributed by atoms with Crippen molar-refractivity contribution in [1.29, 1.82) is 0 Å². The molecule has 0 aliphatic rings. The predicted molar refractivity (Wildman–Crippen MR) is 90.2 cm³/mol. The van der Waals surface area contributed by atoms with Gasteiger partial charge in [-0.3, -0.25) is 5.32 Å². The summed E-state index contributed by atoms with van der Waals surface area (Å²) < 4.78 is 32.2. The molecule has 0 bridgehead atoms. The Balaban J connectivity index is 1.80. The van der Waals surface area contributed by atoms with E-state index in [0.717, 1.165) is 23.5 Å². The Labute approximate surface area is 144 Å². The minimum atomic E-state index is -0.786. The van der Waals surface area contributed by atoms with Crippen LogP contribution < -0.4 is 15.4 Å². The van der Waals surface area contributed by atoms with Crippen LogP contribution >= 0.6 is 22.9 Å². The summed E-state index contributed by atoms with van der Waals surface area (Å²) in [6.45, 7) is 0. The lowest BCUT2D eigenvalue weighted by Crippen LogP contribution is -2.19. The zero-order valence-electron chi connectivity index (χ0n) is 12.2. The van der Waals surface area contributed by atoms with Crippen molar-refractivity contribution in [2.75, 3.05) is 17.7 Å². The van der Waals surface area contributed by atoms with Crippen LogP contribution in [0.2, 0.25) is 5.02 Å². The number of methoxy groups -OCH3 is 1. The maximum atomic E-state index is 13.6. The molecule has 1 heterocycles. The first-order valence-corrected chi connectivity index (χ1v) is 7.83. The van der Waals surface area contributed by atoms with Crippen LogP contribution in [0.4, 0.5) is 24.4 Å². The van der Waals surface area contributed by atoms with Gasteiger partial charge in [-0.25, -0.2) is 18.6 Å². The maximum Gasteiger partial charge on any atom is 0.325 e. The van der Waals surface area contributed by atoms with Crippen LogP contribution in [0.25, 0.3) is 10.2 Å². The van der Waals surface area contributed by atoms with Gasteiger partial charge < -0.3 is 10.1 Å². The topological polar surface area (TPSA) is 63.2 Å². The number of nitrogens with zero attached hydrogens (tertiary/aromatic N) is 1. The molecule has 124 valence electrons. The van der Waals surface area contributed by atoms with Crippen molar-refractivity contribution in [1.82, 2.24) is 4.98 Å². The van der Waals surface area contributed by atoms with Crippen molar-refractivity contribution in [2.45, 2.75) is 0 Å². The normalized spacial score (nSPS) is 10.7. The van der Waals surface area contributed by atoms with Crippen LogP contribution in [0.1, 0.15) is 0 Å². The van der Waals surface area contributed by atoms with Crippen LogP contribution in [-0.2, 0) is 0 Å². The first kappa shape index (κ1) is 16.4. The standard InChI is InChI=1S/C15H10ClF2N3O2S/c1-23-11-3-2-7(16)4-10(11)19-14(22)21-15-20-13-9(18)5-8(17)6-12(13)24-15/h2-6H,1H3,(H2,19,20,21,22). The monoisotopic (exact) mass is 369 g/mol. The number of anilines is 2. The van der Waals surface area contributed by atoms with Crippen LogP contribution in [-0.4, -0.2) is 18.1 Å². The van der Waals surface area contributed by atoms with Gasteiger partial charge in [0.25, 0.3) is 0 Å². The number of hydrogen-bond donors (Lipinski definition) is 2. The number of amides is 2. The fraction of sp³-hybridized carbons (Fsp3) is 0.0667. The van der Waals surface area contributed by atoms with E-state index in [1.165, 1.54) is 13.2 Å². The molecule has 2 N–H and O–H groups in total. The van der Waals surface area contributed by atoms with E-state index in [0.29, 0.717) is 21.2 Å². The molecule has 0 aliphatic carbocycles. The number of urea groups is 1. The molecule has 2 amide bonds. The maximum absolute atomic E-state index is 13.6. The number of halogens is 3. The number of carbonyl (C=O) groups is 1. The molecule has 0 saturated heterocycles. The van der Waals surface area contributed by atoms with Crippen LogP contribution in [0, 0.1) is 11.6 Å². The van der Waals surface area contributed by atoms with Gasteiger partial charge in [-0.05, 0) is 24.3 Å². The highest BCUT2D eigenvalue weighted by molar-refractivity contribution is 7.22. The van der Waals surface area contributed by atoms with Crippen LogP contribution in [0.3, 0.4) is 0 Å². The van der Waals surface area contributed by atoms with E-state index in [9.17, 15) is 13.6 Å². The lowest BCUT2D eigenvalue weighted by atomic mass is 10.3. The highest BCUT2D eigenvalue weighted by Crippen LogP contribution is 2.30. The van der Waals surface area contributed by atoms with Gasteiger partial charge in [0, 0.05) is 11.1 Å². The Bertz CT molecular complexity index is 932. The van der Waals surface area contributed by atoms with E-state index in [-0.39, 0.29) is 10.6 Å². The number of benzene rings is 2. The summed E-state index contributed by atoms with van der Waals surface area (Å²) in [5.41, 5.74) is 0.359. The molecule has 0 unspecified atom stereocenters. The molecule has 0 fully saturated rings. The van der Waals surface area contributed by atoms with Crippen molar-refractivity contribution in [3.8, 4) is 5.75 Å². The van der Waals surface area contributed by atoms with Gasteiger partial charge >= 0.3 is 6.03 Å². The minimum Gasteiger partial charge on any atom is -0.495 e. The molecular weight excluding hydrogens is 360 g/mol. The van der Waals surface area contributed by atoms with Crippen molar-refractivity contribution in [3.63, 3.8) is 0 Å². The second-order valence-electron chi connectivity index (χ2n) is 4.68. The van der Waals surface area contributed by atoms with E-state index < -0.39 is 17.7 Å². The largest absolute Gasteiger partial charge is 0.495 e. The molecule has 9 heteroatoms. The molecule has 2 aromatic carbocycles. The zero-order valence-corrected chi connectivity index (χ0v) is 13.8. The van der Waals surface area contributed by atoms with Gasteiger partial charge in [0.05, 0.1) is 17.5 Å².